The van der Waals surface area contributed by atoms with Crippen LogP contribution in [0.2, 0.25) is 10.0 Å². The van der Waals surface area contributed by atoms with Gasteiger partial charge in [-0.3, -0.25) is 0 Å². The van der Waals surface area contributed by atoms with E-state index in [2.05, 4.69) is 0 Å². The first-order chi connectivity index (χ1) is 21.2. The molecule has 51 heavy (non-hydrogen) atoms. The molecule has 0 radical (unpaired) electrons. The Kier molecular flexibility index (Phi) is 14.0. The van der Waals surface area contributed by atoms with E-state index in [4.69, 9.17) is 23.2 Å². The van der Waals surface area contributed by atoms with Gasteiger partial charge in [-0.15, -0.1) is 0 Å². The second-order valence-electron chi connectivity index (χ2n) is 8.82. The van der Waals surface area contributed by atoms with E-state index < -0.39 is 112 Å². The van der Waals surface area contributed by atoms with E-state index >= 15 is 0 Å². The van der Waals surface area contributed by atoms with Crippen molar-refractivity contribution in [2.75, 3.05) is 0 Å². The summed E-state index contributed by atoms with van der Waals surface area (Å²) in [5, 5.41) is -32.6. The molecule has 2 rings (SSSR count). The molecule has 0 saturated carbocycles. The Balaban J connectivity index is 0.0000125. The minimum atomic E-state index is -7.68. The van der Waals surface area contributed by atoms with Gasteiger partial charge in [0.05, 0.1) is 29.6 Å². The maximum Gasteiger partial charge on any atom is 1.00 e. The van der Waals surface area contributed by atoms with Crippen LogP contribution >= 0.6 is 23.2 Å². The zero-order valence-electron chi connectivity index (χ0n) is 23.7. The quantitative estimate of drug-likeness (QED) is 0.130. The normalized spacial score (nSPS) is 14.7. The molecule has 0 aromatic heterocycles. The van der Waals surface area contributed by atoms with E-state index in [-0.39, 0.29) is 74.1 Å². The molecule has 0 spiro atoms. The molecule has 2 aromatic carbocycles. The van der Waals surface area contributed by atoms with E-state index in [1.807, 2.05) is 0 Å². The van der Waals surface area contributed by atoms with Gasteiger partial charge in [-0.1, -0.05) is 23.2 Å². The van der Waals surface area contributed by atoms with Crippen molar-refractivity contribution in [3.8, 4) is 0 Å². The molecule has 280 valence electrons. The van der Waals surface area contributed by atoms with Gasteiger partial charge >= 0.3 is 70.6 Å². The number of alkyl halides is 12. The summed E-state index contributed by atoms with van der Waals surface area (Å²) in [6.45, 7) is 0. The summed E-state index contributed by atoms with van der Waals surface area (Å²) in [4.78, 5) is -7.50. The minimum Gasteiger partial charge on any atom is -0.743 e. The standard InChI is InChI=1S/C18H8Cl2F12O12S5.2Li/c19-9-5-7(1-3-11(9)46(35,36)15(25,26)13(21,22)17(29,30)48(39,40)41)45(33,34)8-2-4-12(10(20)6-8)47(37,38)16(27,28)14(23,24)18(31,32)49(42,43)44;;/h1-6H,(H,39,40,41)(H,42,43,44);;/q;2*+1/p-2. The second-order valence-corrected chi connectivity index (χ2v) is 18.3. The van der Waals surface area contributed by atoms with E-state index in [1.165, 1.54) is 0 Å². The molecule has 0 amide bonds. The Morgan fingerprint density at radius 3 is 0.882 bits per heavy atom. The number of hydrogen-bond donors (Lipinski definition) is 0. The number of rotatable bonds is 12. The number of sulfone groups is 3. The van der Waals surface area contributed by atoms with Gasteiger partial charge in [0.25, 0.3) is 19.7 Å². The predicted molar refractivity (Wildman–Crippen MR) is 132 cm³/mol. The summed E-state index contributed by atoms with van der Waals surface area (Å²) < 4.78 is 304. The molecule has 0 unspecified atom stereocenters. The first-order valence-electron chi connectivity index (χ1n) is 10.8. The average molecular weight is 887 g/mol. The molecule has 0 fully saturated rings. The summed E-state index contributed by atoms with van der Waals surface area (Å²) in [6, 6.07) is -1.43. The van der Waals surface area contributed by atoms with Gasteiger partial charge in [0.15, 0.2) is 20.2 Å². The molecule has 0 heterocycles. The second kappa shape index (κ2) is 14.3. The van der Waals surface area contributed by atoms with Crippen LogP contribution in [0.4, 0.5) is 52.7 Å². The van der Waals surface area contributed by atoms with Crippen molar-refractivity contribution < 1.29 is 142 Å². The molecule has 0 aliphatic carbocycles. The zero-order chi connectivity index (χ0) is 39.2. The first-order valence-corrected chi connectivity index (χ1v) is 18.8. The van der Waals surface area contributed by atoms with Crippen molar-refractivity contribution in [3.63, 3.8) is 0 Å². The monoisotopic (exact) mass is 886 g/mol. The molecule has 0 saturated heterocycles. The van der Waals surface area contributed by atoms with Crippen molar-refractivity contribution >= 4 is 72.9 Å². The number of halogens is 14. The van der Waals surface area contributed by atoms with Gasteiger partial charge in [0.1, 0.15) is 0 Å². The van der Waals surface area contributed by atoms with Gasteiger partial charge in [-0.05, 0) is 36.4 Å². The summed E-state index contributed by atoms with van der Waals surface area (Å²) in [5.74, 6) is -15.0. The third-order valence-electron chi connectivity index (χ3n) is 5.77. The third-order valence-corrected chi connectivity index (χ3v) is 13.9. The van der Waals surface area contributed by atoms with Crippen LogP contribution in [0.25, 0.3) is 0 Å². The van der Waals surface area contributed by atoms with E-state index in [0.29, 0.717) is 0 Å². The third kappa shape index (κ3) is 7.41. The average Bonchev–Trinajstić information content (AvgIpc) is 2.90. The van der Waals surface area contributed by atoms with Gasteiger partial charge in [-0.25, -0.2) is 42.1 Å². The number of hydrogen-bond acceptors (Lipinski definition) is 12. The summed E-state index contributed by atoms with van der Waals surface area (Å²) in [5.41, 5.74) is 0. The number of benzene rings is 2. The Labute approximate surface area is 311 Å². The summed E-state index contributed by atoms with van der Waals surface area (Å²) in [6.07, 6.45) is 0. The van der Waals surface area contributed by atoms with Crippen molar-refractivity contribution in [3.05, 3.63) is 46.4 Å². The molecule has 0 N–H and O–H groups in total. The summed E-state index contributed by atoms with van der Waals surface area (Å²) in [7, 11) is -35.4. The van der Waals surface area contributed by atoms with E-state index in [9.17, 15) is 104 Å². The van der Waals surface area contributed by atoms with Crippen LogP contribution < -0.4 is 37.7 Å². The first kappa shape index (κ1) is 50.0. The van der Waals surface area contributed by atoms with Gasteiger partial charge in [0, 0.05) is 0 Å². The van der Waals surface area contributed by atoms with Crippen LogP contribution in [0.15, 0.2) is 56.0 Å². The smallest absolute Gasteiger partial charge is 0.743 e. The Morgan fingerprint density at radius 2 is 0.686 bits per heavy atom. The van der Waals surface area contributed by atoms with Crippen molar-refractivity contribution in [1.29, 1.82) is 0 Å². The Bertz CT molecular complexity index is 2120. The SMILES string of the molecule is O=S(=O)(c1ccc(S(=O)(=O)C(F)(F)C(F)(F)C(F)(F)S(=O)(=O)[O-])c(Cl)c1)c1ccc(S(=O)(=O)C(F)(F)C(F)(F)C(F)(F)S(=O)(=O)[O-])c(Cl)c1.[Li+].[Li+]. The van der Waals surface area contributed by atoms with Crippen LogP contribution in [0, 0.1) is 0 Å². The Morgan fingerprint density at radius 1 is 0.451 bits per heavy atom. The Hall–Kier alpha value is -0.955. The van der Waals surface area contributed by atoms with E-state index in [1.54, 1.807) is 0 Å². The topological polar surface area (TPSA) is 217 Å². The van der Waals surface area contributed by atoms with Crippen molar-refractivity contribution in [2.24, 2.45) is 0 Å². The molecule has 0 aliphatic rings. The fraction of sp³-hybridized carbons (Fsp3) is 0.333. The van der Waals surface area contributed by atoms with E-state index in [0.717, 1.165) is 0 Å². The van der Waals surface area contributed by atoms with Crippen LogP contribution in [0.3, 0.4) is 0 Å². The van der Waals surface area contributed by atoms with Crippen LogP contribution in [0.5, 0.6) is 0 Å². The molecule has 0 atom stereocenters. The molecule has 0 aliphatic heterocycles. The van der Waals surface area contributed by atoms with Crippen LogP contribution in [-0.2, 0) is 49.7 Å². The van der Waals surface area contributed by atoms with Crippen molar-refractivity contribution in [1.82, 2.24) is 0 Å². The molecular formula is C18H6Cl2F12Li2O12S5. The van der Waals surface area contributed by atoms with Crippen molar-refractivity contribution in [2.45, 2.75) is 52.4 Å². The maximum atomic E-state index is 14.3. The van der Waals surface area contributed by atoms with Gasteiger partial charge in [0.2, 0.25) is 9.84 Å². The predicted octanol–water partition coefficient (Wildman–Crippen LogP) is -1.89. The fourth-order valence-electron chi connectivity index (χ4n) is 3.14. The summed E-state index contributed by atoms with van der Waals surface area (Å²) >= 11 is 10.7. The molecule has 33 heteroatoms. The molecule has 0 bridgehead atoms. The van der Waals surface area contributed by atoms with Gasteiger partial charge < -0.3 is 9.11 Å². The largest absolute Gasteiger partial charge is 1.00 e. The van der Waals surface area contributed by atoms with Crippen LogP contribution in [0.1, 0.15) is 0 Å². The fourth-order valence-corrected chi connectivity index (χ4v) is 9.17. The van der Waals surface area contributed by atoms with Crippen LogP contribution in [-0.4, -0.2) is 84.1 Å². The molecule has 12 nitrogen and oxygen atoms in total. The molecular weight excluding hydrogens is 881 g/mol. The van der Waals surface area contributed by atoms with Gasteiger partial charge in [-0.2, -0.15) is 52.7 Å². The zero-order valence-corrected chi connectivity index (χ0v) is 29.3. The molecule has 2 aromatic rings. The maximum absolute atomic E-state index is 14.3. The minimum absolute atomic E-state index is 0.